The molecule has 0 spiro atoms. The van der Waals surface area contributed by atoms with Crippen molar-refractivity contribution in [3.8, 4) is 0 Å². The molecule has 0 amide bonds. The standard InChI is InChI=1S/C20H39NO4/c1-3-5-7-9-11-13-15-21(16-14-12-10-8-6-4-2)18(20(24)25)17-19(22)23/h18H,3-17H2,1-2H3,(H,22,23)(H,24,25)/t18-/m0/s1. The van der Waals surface area contributed by atoms with Crippen LogP contribution >= 0.6 is 0 Å². The number of carboxylic acids is 2. The summed E-state index contributed by atoms with van der Waals surface area (Å²) in [5.74, 6) is -2.05. The fourth-order valence-corrected chi connectivity index (χ4v) is 3.15. The van der Waals surface area contributed by atoms with Crippen LogP contribution in [0.1, 0.15) is 97.3 Å². The Balaban J connectivity index is 4.36. The third-order valence-corrected chi connectivity index (χ3v) is 4.69. The highest BCUT2D eigenvalue weighted by Gasteiger charge is 2.27. The molecule has 0 aliphatic heterocycles. The van der Waals surface area contributed by atoms with E-state index in [9.17, 15) is 14.7 Å². The molecular formula is C20H39NO4. The van der Waals surface area contributed by atoms with Gasteiger partial charge in [-0.2, -0.15) is 0 Å². The van der Waals surface area contributed by atoms with Crippen molar-refractivity contribution in [2.45, 2.75) is 103 Å². The summed E-state index contributed by atoms with van der Waals surface area (Å²) in [6.07, 6.45) is 13.5. The van der Waals surface area contributed by atoms with Gasteiger partial charge in [0.05, 0.1) is 6.42 Å². The Morgan fingerprint density at radius 2 is 1.12 bits per heavy atom. The van der Waals surface area contributed by atoms with E-state index >= 15 is 0 Å². The van der Waals surface area contributed by atoms with Gasteiger partial charge in [-0.15, -0.1) is 0 Å². The van der Waals surface area contributed by atoms with Gasteiger partial charge in [0, 0.05) is 0 Å². The maximum Gasteiger partial charge on any atom is 0.321 e. The Bertz CT molecular complexity index is 331. The van der Waals surface area contributed by atoms with Crippen molar-refractivity contribution in [3.63, 3.8) is 0 Å². The van der Waals surface area contributed by atoms with Crippen LogP contribution in [0.25, 0.3) is 0 Å². The molecule has 0 aromatic rings. The van der Waals surface area contributed by atoms with Crippen LogP contribution < -0.4 is 0 Å². The van der Waals surface area contributed by atoms with Gasteiger partial charge < -0.3 is 10.2 Å². The largest absolute Gasteiger partial charge is 0.481 e. The van der Waals surface area contributed by atoms with Gasteiger partial charge in [0.25, 0.3) is 0 Å². The van der Waals surface area contributed by atoms with Crippen LogP contribution in [0.3, 0.4) is 0 Å². The second kappa shape index (κ2) is 16.4. The first-order valence-electron chi connectivity index (χ1n) is 10.2. The number of aliphatic carboxylic acids is 2. The molecule has 0 saturated carbocycles. The van der Waals surface area contributed by atoms with Crippen LogP contribution in [0.15, 0.2) is 0 Å². The number of hydrogen-bond donors (Lipinski definition) is 2. The van der Waals surface area contributed by atoms with Crippen molar-refractivity contribution < 1.29 is 19.8 Å². The van der Waals surface area contributed by atoms with E-state index in [1.807, 2.05) is 4.90 Å². The maximum absolute atomic E-state index is 11.5. The molecule has 5 heteroatoms. The van der Waals surface area contributed by atoms with Crippen LogP contribution in [0.2, 0.25) is 0 Å². The first kappa shape index (κ1) is 23.9. The summed E-state index contributed by atoms with van der Waals surface area (Å²) in [4.78, 5) is 24.4. The molecule has 5 nitrogen and oxygen atoms in total. The Morgan fingerprint density at radius 3 is 1.48 bits per heavy atom. The molecule has 2 N–H and O–H groups in total. The van der Waals surface area contributed by atoms with Crippen LogP contribution in [0, 0.1) is 0 Å². The van der Waals surface area contributed by atoms with Gasteiger partial charge in [0.1, 0.15) is 6.04 Å². The van der Waals surface area contributed by atoms with Crippen molar-refractivity contribution in [2.75, 3.05) is 13.1 Å². The molecule has 0 rings (SSSR count). The second-order valence-electron chi connectivity index (χ2n) is 7.02. The lowest BCUT2D eigenvalue weighted by Crippen LogP contribution is -2.43. The van der Waals surface area contributed by atoms with E-state index in [1.54, 1.807) is 0 Å². The highest BCUT2D eigenvalue weighted by Crippen LogP contribution is 2.13. The fourth-order valence-electron chi connectivity index (χ4n) is 3.15. The third kappa shape index (κ3) is 13.8. The molecule has 0 aromatic carbocycles. The van der Waals surface area contributed by atoms with Gasteiger partial charge in [0.2, 0.25) is 0 Å². The molecule has 0 bridgehead atoms. The molecular weight excluding hydrogens is 318 g/mol. The number of rotatable bonds is 18. The summed E-state index contributed by atoms with van der Waals surface area (Å²) >= 11 is 0. The van der Waals surface area contributed by atoms with Crippen LogP contribution in [0.5, 0.6) is 0 Å². The first-order chi connectivity index (χ1) is 12.0. The zero-order valence-corrected chi connectivity index (χ0v) is 16.3. The molecule has 0 aromatic heterocycles. The van der Waals surface area contributed by atoms with E-state index in [-0.39, 0.29) is 6.42 Å². The van der Waals surface area contributed by atoms with Crippen molar-refractivity contribution in [3.05, 3.63) is 0 Å². The predicted molar refractivity (Wildman–Crippen MR) is 102 cm³/mol. The molecule has 0 aliphatic rings. The van der Waals surface area contributed by atoms with Gasteiger partial charge in [-0.25, -0.2) is 0 Å². The number of nitrogens with zero attached hydrogens (tertiary/aromatic N) is 1. The van der Waals surface area contributed by atoms with E-state index in [1.165, 1.54) is 51.4 Å². The van der Waals surface area contributed by atoms with Crippen molar-refractivity contribution in [1.29, 1.82) is 0 Å². The zero-order valence-electron chi connectivity index (χ0n) is 16.3. The molecule has 148 valence electrons. The van der Waals surface area contributed by atoms with Crippen molar-refractivity contribution in [2.24, 2.45) is 0 Å². The Morgan fingerprint density at radius 1 is 0.720 bits per heavy atom. The number of carboxylic acid groups (broad SMARTS) is 2. The topological polar surface area (TPSA) is 77.8 Å². The maximum atomic E-state index is 11.5. The predicted octanol–water partition coefficient (Wildman–Crippen LogP) is 4.94. The Kier molecular flexibility index (Phi) is 15.7. The van der Waals surface area contributed by atoms with Crippen molar-refractivity contribution >= 4 is 11.9 Å². The van der Waals surface area contributed by atoms with E-state index in [4.69, 9.17) is 5.11 Å². The number of hydrogen-bond acceptors (Lipinski definition) is 3. The average molecular weight is 358 g/mol. The third-order valence-electron chi connectivity index (χ3n) is 4.69. The zero-order chi connectivity index (χ0) is 18.9. The minimum atomic E-state index is -1.04. The summed E-state index contributed by atoms with van der Waals surface area (Å²) in [6.45, 7) is 5.74. The van der Waals surface area contributed by atoms with Crippen LogP contribution in [-0.4, -0.2) is 46.2 Å². The van der Waals surface area contributed by atoms with E-state index in [0.29, 0.717) is 13.1 Å². The smallest absolute Gasteiger partial charge is 0.321 e. The van der Waals surface area contributed by atoms with Crippen molar-refractivity contribution in [1.82, 2.24) is 4.90 Å². The summed E-state index contributed by atoms with van der Waals surface area (Å²) in [6, 6.07) is -0.899. The monoisotopic (exact) mass is 357 g/mol. The lowest BCUT2D eigenvalue weighted by Gasteiger charge is -2.28. The molecule has 0 radical (unpaired) electrons. The highest BCUT2D eigenvalue weighted by atomic mass is 16.4. The van der Waals surface area contributed by atoms with E-state index in [2.05, 4.69) is 13.8 Å². The summed E-state index contributed by atoms with van der Waals surface area (Å²) in [5, 5.41) is 18.5. The minimum Gasteiger partial charge on any atom is -0.481 e. The Labute approximate surface area is 153 Å². The minimum absolute atomic E-state index is 0.318. The lowest BCUT2D eigenvalue weighted by atomic mass is 10.1. The van der Waals surface area contributed by atoms with Gasteiger partial charge in [0.15, 0.2) is 0 Å². The number of unbranched alkanes of at least 4 members (excludes halogenated alkanes) is 10. The van der Waals surface area contributed by atoms with Gasteiger partial charge >= 0.3 is 11.9 Å². The number of carbonyl (C=O) groups is 2. The molecule has 0 unspecified atom stereocenters. The van der Waals surface area contributed by atoms with Gasteiger partial charge in [-0.05, 0) is 25.9 Å². The first-order valence-corrected chi connectivity index (χ1v) is 10.2. The summed E-state index contributed by atoms with van der Waals surface area (Å²) < 4.78 is 0. The van der Waals surface area contributed by atoms with E-state index in [0.717, 1.165) is 25.7 Å². The molecule has 0 heterocycles. The highest BCUT2D eigenvalue weighted by molar-refractivity contribution is 5.80. The fraction of sp³-hybridized carbons (Fsp3) is 0.900. The molecule has 0 fully saturated rings. The summed E-state index contributed by atoms with van der Waals surface area (Å²) in [7, 11) is 0. The van der Waals surface area contributed by atoms with Crippen LogP contribution in [0.4, 0.5) is 0 Å². The molecule has 25 heavy (non-hydrogen) atoms. The Hall–Kier alpha value is -1.10. The van der Waals surface area contributed by atoms with Gasteiger partial charge in [-0.1, -0.05) is 78.1 Å². The lowest BCUT2D eigenvalue weighted by molar-refractivity contribution is -0.149. The SMILES string of the molecule is CCCCCCCCN(CCCCCCCC)[C@@H](CC(=O)O)C(=O)O. The second-order valence-corrected chi connectivity index (χ2v) is 7.02. The molecule has 0 aliphatic carbocycles. The normalized spacial score (nSPS) is 12.4. The van der Waals surface area contributed by atoms with E-state index < -0.39 is 18.0 Å². The average Bonchev–Trinajstić information content (AvgIpc) is 2.56. The molecule has 0 saturated heterocycles. The quantitative estimate of drug-likeness (QED) is 0.340. The van der Waals surface area contributed by atoms with Crippen LogP contribution in [-0.2, 0) is 9.59 Å². The summed E-state index contributed by atoms with van der Waals surface area (Å²) in [5.41, 5.74) is 0. The van der Waals surface area contributed by atoms with Gasteiger partial charge in [-0.3, -0.25) is 14.5 Å². The molecule has 1 atom stereocenters.